The number of hydrogen-bond acceptors (Lipinski definition) is 3. The molecule has 2 unspecified atom stereocenters. The number of ether oxygens (including phenoxy) is 1. The first-order valence-corrected chi connectivity index (χ1v) is 8.06. The molecule has 1 fully saturated rings. The van der Waals surface area contributed by atoms with Crippen molar-refractivity contribution in [3.63, 3.8) is 0 Å². The van der Waals surface area contributed by atoms with Crippen molar-refractivity contribution in [3.8, 4) is 0 Å². The van der Waals surface area contributed by atoms with E-state index in [4.69, 9.17) is 4.74 Å². The summed E-state index contributed by atoms with van der Waals surface area (Å²) < 4.78 is 32.2. The lowest BCUT2D eigenvalue weighted by molar-refractivity contribution is -0.0425. The predicted molar refractivity (Wildman–Crippen MR) is 87.6 cm³/mol. The van der Waals surface area contributed by atoms with E-state index in [0.29, 0.717) is 31.8 Å². The Morgan fingerprint density at radius 3 is 2.62 bits per heavy atom. The fourth-order valence-corrected chi connectivity index (χ4v) is 2.92. The number of morpholine rings is 1. The Morgan fingerprint density at radius 1 is 1.17 bits per heavy atom. The van der Waals surface area contributed by atoms with Gasteiger partial charge in [0.25, 0.3) is 0 Å². The zero-order chi connectivity index (χ0) is 17.1. The lowest BCUT2D eigenvalue weighted by atomic mass is 10.0. The van der Waals surface area contributed by atoms with E-state index in [9.17, 15) is 13.9 Å². The second-order valence-corrected chi connectivity index (χ2v) is 6.22. The Balaban J connectivity index is 1.64. The van der Waals surface area contributed by atoms with E-state index in [2.05, 4.69) is 4.90 Å². The van der Waals surface area contributed by atoms with Gasteiger partial charge in [0.2, 0.25) is 0 Å². The minimum atomic E-state index is -0.868. The summed E-state index contributed by atoms with van der Waals surface area (Å²) in [5.74, 6) is -1.73. The normalized spacial score (nSPS) is 20.1. The molecule has 0 aromatic heterocycles. The SMILES string of the molecule is Cc1ccc(C(O)CN2CCOC(c3ccc(F)c(F)c3)C2)cc1. The zero-order valence-corrected chi connectivity index (χ0v) is 13.6. The minimum Gasteiger partial charge on any atom is -0.387 e. The molecule has 0 saturated carbocycles. The monoisotopic (exact) mass is 333 g/mol. The molecule has 2 aromatic rings. The Bertz CT molecular complexity index is 690. The molecule has 0 bridgehead atoms. The first kappa shape index (κ1) is 17.0. The van der Waals surface area contributed by atoms with Gasteiger partial charge >= 0.3 is 0 Å². The summed E-state index contributed by atoms with van der Waals surface area (Å²) in [4.78, 5) is 2.08. The summed E-state index contributed by atoms with van der Waals surface area (Å²) in [5.41, 5.74) is 2.63. The van der Waals surface area contributed by atoms with Gasteiger partial charge in [0.05, 0.1) is 18.8 Å². The van der Waals surface area contributed by atoms with Crippen LogP contribution in [0.3, 0.4) is 0 Å². The summed E-state index contributed by atoms with van der Waals surface area (Å²) in [5, 5.41) is 10.4. The van der Waals surface area contributed by atoms with E-state index in [1.165, 1.54) is 6.07 Å². The third-order valence-corrected chi connectivity index (χ3v) is 4.36. The Labute approximate surface area is 140 Å². The van der Waals surface area contributed by atoms with Gasteiger partial charge in [-0.2, -0.15) is 0 Å². The number of nitrogens with zero attached hydrogens (tertiary/aromatic N) is 1. The van der Waals surface area contributed by atoms with E-state index >= 15 is 0 Å². The molecule has 0 spiro atoms. The number of aliphatic hydroxyl groups excluding tert-OH is 1. The summed E-state index contributed by atoms with van der Waals surface area (Å²) >= 11 is 0. The van der Waals surface area contributed by atoms with E-state index in [-0.39, 0.29) is 6.10 Å². The summed E-state index contributed by atoms with van der Waals surface area (Å²) in [6, 6.07) is 11.6. The Morgan fingerprint density at radius 2 is 1.92 bits per heavy atom. The summed E-state index contributed by atoms with van der Waals surface area (Å²) in [7, 11) is 0. The largest absolute Gasteiger partial charge is 0.387 e. The van der Waals surface area contributed by atoms with Crippen LogP contribution in [0.4, 0.5) is 8.78 Å². The molecule has 0 radical (unpaired) electrons. The highest BCUT2D eigenvalue weighted by Gasteiger charge is 2.24. The maximum Gasteiger partial charge on any atom is 0.159 e. The van der Waals surface area contributed by atoms with Crippen molar-refractivity contribution in [2.45, 2.75) is 19.1 Å². The van der Waals surface area contributed by atoms with E-state index in [0.717, 1.165) is 17.2 Å². The first-order valence-electron chi connectivity index (χ1n) is 8.06. The van der Waals surface area contributed by atoms with Crippen molar-refractivity contribution < 1.29 is 18.6 Å². The van der Waals surface area contributed by atoms with Gasteiger partial charge in [-0.15, -0.1) is 0 Å². The van der Waals surface area contributed by atoms with Gasteiger partial charge in [-0.05, 0) is 30.2 Å². The maximum atomic E-state index is 13.4. The van der Waals surface area contributed by atoms with Gasteiger partial charge in [0.1, 0.15) is 0 Å². The highest BCUT2D eigenvalue weighted by molar-refractivity contribution is 5.24. The molecule has 1 N–H and O–H groups in total. The molecule has 0 aliphatic carbocycles. The minimum absolute atomic E-state index is 0.320. The number of benzene rings is 2. The predicted octanol–water partition coefficient (Wildman–Crippen LogP) is 3.38. The first-order chi connectivity index (χ1) is 11.5. The molecule has 3 rings (SSSR count). The van der Waals surface area contributed by atoms with Gasteiger partial charge < -0.3 is 9.84 Å². The van der Waals surface area contributed by atoms with Gasteiger partial charge in [-0.3, -0.25) is 4.90 Å². The number of hydrogen-bond donors (Lipinski definition) is 1. The molecule has 3 nitrogen and oxygen atoms in total. The summed E-state index contributed by atoms with van der Waals surface area (Å²) in [6.45, 7) is 4.21. The number of aliphatic hydroxyl groups is 1. The second kappa shape index (κ2) is 7.38. The zero-order valence-electron chi connectivity index (χ0n) is 13.6. The average molecular weight is 333 g/mol. The van der Waals surface area contributed by atoms with Crippen LogP contribution in [0, 0.1) is 18.6 Å². The molecule has 1 heterocycles. The van der Waals surface area contributed by atoms with Crippen molar-refractivity contribution in [1.82, 2.24) is 4.90 Å². The van der Waals surface area contributed by atoms with Crippen molar-refractivity contribution >= 4 is 0 Å². The van der Waals surface area contributed by atoms with E-state index < -0.39 is 17.7 Å². The lowest BCUT2D eigenvalue weighted by Crippen LogP contribution is -2.40. The number of β-amino-alcohol motifs (C(OH)–C–C–N with tert-alkyl or cyclic N) is 1. The van der Waals surface area contributed by atoms with E-state index in [1.807, 2.05) is 31.2 Å². The van der Waals surface area contributed by atoms with Crippen LogP contribution in [0.15, 0.2) is 42.5 Å². The quantitative estimate of drug-likeness (QED) is 0.931. The van der Waals surface area contributed by atoms with Crippen molar-refractivity contribution in [1.29, 1.82) is 0 Å². The Kier molecular flexibility index (Phi) is 5.23. The number of rotatable bonds is 4. The molecule has 2 atom stereocenters. The molecular formula is C19H21F2NO2. The standard InChI is InChI=1S/C19H21F2NO2/c1-13-2-4-14(5-3-13)18(23)11-22-8-9-24-19(12-22)15-6-7-16(20)17(21)10-15/h2-7,10,18-19,23H,8-9,11-12H2,1H3. The van der Waals surface area contributed by atoms with Gasteiger partial charge in [-0.1, -0.05) is 35.9 Å². The number of halogens is 2. The molecule has 0 amide bonds. The highest BCUT2D eigenvalue weighted by atomic mass is 19.2. The van der Waals surface area contributed by atoms with Crippen LogP contribution in [0.5, 0.6) is 0 Å². The lowest BCUT2D eigenvalue weighted by Gasteiger charge is -2.34. The van der Waals surface area contributed by atoms with Crippen molar-refractivity contribution in [2.75, 3.05) is 26.2 Å². The fraction of sp³-hybridized carbons (Fsp3) is 0.368. The van der Waals surface area contributed by atoms with Crippen LogP contribution in [0.2, 0.25) is 0 Å². The second-order valence-electron chi connectivity index (χ2n) is 6.22. The van der Waals surface area contributed by atoms with Gasteiger partial charge in [0.15, 0.2) is 11.6 Å². The third-order valence-electron chi connectivity index (χ3n) is 4.36. The molecule has 1 aliphatic heterocycles. The molecular weight excluding hydrogens is 312 g/mol. The van der Waals surface area contributed by atoms with Crippen LogP contribution in [-0.2, 0) is 4.74 Å². The molecule has 1 saturated heterocycles. The highest BCUT2D eigenvalue weighted by Crippen LogP contribution is 2.25. The van der Waals surface area contributed by atoms with Gasteiger partial charge in [0, 0.05) is 19.6 Å². The molecule has 128 valence electrons. The number of aryl methyl sites for hydroxylation is 1. The molecule has 5 heteroatoms. The van der Waals surface area contributed by atoms with Crippen LogP contribution in [0.1, 0.15) is 28.9 Å². The molecule has 24 heavy (non-hydrogen) atoms. The molecule has 1 aliphatic rings. The summed E-state index contributed by atoms with van der Waals surface area (Å²) in [6.07, 6.45) is -0.909. The Hall–Kier alpha value is -1.82. The van der Waals surface area contributed by atoms with E-state index in [1.54, 1.807) is 6.07 Å². The maximum absolute atomic E-state index is 13.4. The smallest absolute Gasteiger partial charge is 0.159 e. The third kappa shape index (κ3) is 3.98. The van der Waals surface area contributed by atoms with Crippen LogP contribution >= 0.6 is 0 Å². The van der Waals surface area contributed by atoms with Crippen LogP contribution < -0.4 is 0 Å². The molecule has 2 aromatic carbocycles. The van der Waals surface area contributed by atoms with Gasteiger partial charge in [-0.25, -0.2) is 8.78 Å². The van der Waals surface area contributed by atoms with Crippen molar-refractivity contribution in [2.24, 2.45) is 0 Å². The average Bonchev–Trinajstić information content (AvgIpc) is 2.58. The fourth-order valence-electron chi connectivity index (χ4n) is 2.92. The van der Waals surface area contributed by atoms with Crippen LogP contribution in [-0.4, -0.2) is 36.2 Å². The van der Waals surface area contributed by atoms with Crippen LogP contribution in [0.25, 0.3) is 0 Å². The topological polar surface area (TPSA) is 32.7 Å². The van der Waals surface area contributed by atoms with Crippen molar-refractivity contribution in [3.05, 3.63) is 70.8 Å².